The van der Waals surface area contributed by atoms with Crippen molar-refractivity contribution in [2.24, 2.45) is 0 Å². The fraction of sp³-hybridized carbons (Fsp3) is 0.0588. The Morgan fingerprint density at radius 3 is 2.52 bits per heavy atom. The SMILES string of the molecule is O=C(O)COc1ccc(NC(=O)c2cc3ccccc3o2)cc1. The van der Waals surface area contributed by atoms with Gasteiger partial charge in [-0.15, -0.1) is 0 Å². The van der Waals surface area contributed by atoms with Gasteiger partial charge in [0, 0.05) is 11.1 Å². The van der Waals surface area contributed by atoms with E-state index in [2.05, 4.69) is 5.32 Å². The molecule has 116 valence electrons. The number of carboxylic acids is 1. The zero-order chi connectivity index (χ0) is 16.2. The van der Waals surface area contributed by atoms with Crippen molar-refractivity contribution in [2.45, 2.75) is 0 Å². The van der Waals surface area contributed by atoms with E-state index in [1.165, 1.54) is 0 Å². The fourth-order valence-corrected chi connectivity index (χ4v) is 2.07. The molecule has 23 heavy (non-hydrogen) atoms. The zero-order valence-electron chi connectivity index (χ0n) is 12.0. The molecule has 0 aliphatic carbocycles. The number of carbonyl (C=O) groups is 2. The molecule has 0 radical (unpaired) electrons. The minimum absolute atomic E-state index is 0.220. The number of hydrogen-bond acceptors (Lipinski definition) is 4. The number of ether oxygens (including phenoxy) is 1. The summed E-state index contributed by atoms with van der Waals surface area (Å²) in [5.74, 6) is -0.779. The van der Waals surface area contributed by atoms with Gasteiger partial charge in [-0.2, -0.15) is 0 Å². The minimum Gasteiger partial charge on any atom is -0.482 e. The van der Waals surface area contributed by atoms with Gasteiger partial charge in [-0.25, -0.2) is 4.79 Å². The molecule has 0 fully saturated rings. The van der Waals surface area contributed by atoms with Crippen molar-refractivity contribution in [1.82, 2.24) is 0 Å². The van der Waals surface area contributed by atoms with E-state index in [1.54, 1.807) is 36.4 Å². The van der Waals surface area contributed by atoms with Crippen LogP contribution in [0.3, 0.4) is 0 Å². The molecule has 1 aromatic heterocycles. The number of anilines is 1. The van der Waals surface area contributed by atoms with Crippen molar-refractivity contribution in [3.8, 4) is 5.75 Å². The second-order valence-electron chi connectivity index (χ2n) is 4.81. The van der Waals surface area contributed by atoms with Crippen molar-refractivity contribution < 1.29 is 23.8 Å². The molecule has 0 unspecified atom stereocenters. The Bertz CT molecular complexity index is 818. The summed E-state index contributed by atoms with van der Waals surface area (Å²) in [5, 5.41) is 12.1. The number of carboxylic acid groups (broad SMARTS) is 1. The average Bonchev–Trinajstić information content (AvgIpc) is 2.98. The Kier molecular flexibility index (Phi) is 3.97. The highest BCUT2D eigenvalue weighted by Gasteiger charge is 2.12. The minimum atomic E-state index is -1.05. The van der Waals surface area contributed by atoms with Gasteiger partial charge in [-0.3, -0.25) is 4.79 Å². The number of carbonyl (C=O) groups excluding carboxylic acids is 1. The molecule has 6 nitrogen and oxygen atoms in total. The summed E-state index contributed by atoms with van der Waals surface area (Å²) in [6.45, 7) is -0.412. The molecule has 0 bridgehead atoms. The number of para-hydroxylation sites is 1. The van der Waals surface area contributed by atoms with Gasteiger partial charge >= 0.3 is 5.97 Å². The molecule has 0 aliphatic rings. The molecular formula is C17H13NO5. The van der Waals surface area contributed by atoms with Crippen LogP contribution in [0.25, 0.3) is 11.0 Å². The topological polar surface area (TPSA) is 88.8 Å². The number of benzene rings is 2. The first-order valence-corrected chi connectivity index (χ1v) is 6.86. The van der Waals surface area contributed by atoms with Crippen molar-refractivity contribution in [3.63, 3.8) is 0 Å². The highest BCUT2D eigenvalue weighted by molar-refractivity contribution is 6.04. The number of fused-ring (bicyclic) bond motifs is 1. The third-order valence-corrected chi connectivity index (χ3v) is 3.12. The normalized spacial score (nSPS) is 10.4. The van der Waals surface area contributed by atoms with Crippen LogP contribution >= 0.6 is 0 Å². The number of aliphatic carboxylic acids is 1. The molecule has 2 N–H and O–H groups in total. The summed E-state index contributed by atoms with van der Waals surface area (Å²) in [5.41, 5.74) is 1.20. The number of amides is 1. The molecule has 0 saturated heterocycles. The number of nitrogens with one attached hydrogen (secondary N) is 1. The van der Waals surface area contributed by atoms with E-state index in [0.717, 1.165) is 5.39 Å². The van der Waals surface area contributed by atoms with E-state index in [-0.39, 0.29) is 11.7 Å². The van der Waals surface area contributed by atoms with Gasteiger partial charge < -0.3 is 19.6 Å². The zero-order valence-corrected chi connectivity index (χ0v) is 12.0. The largest absolute Gasteiger partial charge is 0.482 e. The summed E-state index contributed by atoms with van der Waals surface area (Å²) >= 11 is 0. The Labute approximate surface area is 131 Å². The molecule has 1 amide bonds. The van der Waals surface area contributed by atoms with E-state index in [1.807, 2.05) is 18.2 Å². The molecule has 6 heteroatoms. The van der Waals surface area contributed by atoms with Gasteiger partial charge in [-0.1, -0.05) is 18.2 Å². The van der Waals surface area contributed by atoms with Crippen LogP contribution in [0, 0.1) is 0 Å². The first-order valence-electron chi connectivity index (χ1n) is 6.86. The maximum Gasteiger partial charge on any atom is 0.341 e. The van der Waals surface area contributed by atoms with Crippen molar-refractivity contribution in [2.75, 3.05) is 11.9 Å². The van der Waals surface area contributed by atoms with Crippen LogP contribution in [0.15, 0.2) is 59.0 Å². The van der Waals surface area contributed by atoms with E-state index < -0.39 is 12.6 Å². The Morgan fingerprint density at radius 2 is 1.83 bits per heavy atom. The number of rotatable bonds is 5. The molecule has 0 spiro atoms. The molecule has 0 atom stereocenters. The lowest BCUT2D eigenvalue weighted by atomic mass is 10.2. The van der Waals surface area contributed by atoms with Crippen LogP contribution in [0.1, 0.15) is 10.6 Å². The summed E-state index contributed by atoms with van der Waals surface area (Å²) in [6, 6.07) is 15.4. The lowest BCUT2D eigenvalue weighted by Crippen LogP contribution is -2.11. The first-order chi connectivity index (χ1) is 11.1. The second kappa shape index (κ2) is 6.23. The Hall–Kier alpha value is -3.28. The van der Waals surface area contributed by atoms with Gasteiger partial charge in [0.15, 0.2) is 12.4 Å². The highest BCUT2D eigenvalue weighted by atomic mass is 16.5. The van der Waals surface area contributed by atoms with Gasteiger partial charge in [0.1, 0.15) is 11.3 Å². The quantitative estimate of drug-likeness (QED) is 0.755. The molecule has 3 aromatic rings. The van der Waals surface area contributed by atoms with Crippen LogP contribution in [-0.4, -0.2) is 23.6 Å². The van der Waals surface area contributed by atoms with Crippen molar-refractivity contribution in [3.05, 3.63) is 60.4 Å². The monoisotopic (exact) mass is 311 g/mol. The number of furan rings is 1. The highest BCUT2D eigenvalue weighted by Crippen LogP contribution is 2.21. The van der Waals surface area contributed by atoms with E-state index >= 15 is 0 Å². The van der Waals surface area contributed by atoms with Crippen LogP contribution in [-0.2, 0) is 4.79 Å². The second-order valence-corrected chi connectivity index (χ2v) is 4.81. The Balaban J connectivity index is 1.68. The van der Waals surface area contributed by atoms with Crippen molar-refractivity contribution >= 4 is 28.5 Å². The summed E-state index contributed by atoms with van der Waals surface area (Å²) in [6.07, 6.45) is 0. The predicted octanol–water partition coefficient (Wildman–Crippen LogP) is 3.15. The lowest BCUT2D eigenvalue weighted by molar-refractivity contribution is -0.139. The molecule has 0 saturated carbocycles. The van der Waals surface area contributed by atoms with Gasteiger partial charge in [0.25, 0.3) is 5.91 Å². The van der Waals surface area contributed by atoms with Crippen LogP contribution < -0.4 is 10.1 Å². The van der Waals surface area contributed by atoms with Gasteiger partial charge in [0.2, 0.25) is 0 Å². The van der Waals surface area contributed by atoms with Crippen LogP contribution in [0.2, 0.25) is 0 Å². The molecule has 0 aliphatic heterocycles. The fourth-order valence-electron chi connectivity index (χ4n) is 2.07. The van der Waals surface area contributed by atoms with Crippen LogP contribution in [0.4, 0.5) is 5.69 Å². The third kappa shape index (κ3) is 3.49. The summed E-state index contributed by atoms with van der Waals surface area (Å²) < 4.78 is 10.5. The molecular weight excluding hydrogens is 298 g/mol. The van der Waals surface area contributed by atoms with E-state index in [9.17, 15) is 9.59 Å². The number of hydrogen-bond donors (Lipinski definition) is 2. The van der Waals surface area contributed by atoms with Gasteiger partial charge in [-0.05, 0) is 36.4 Å². The molecule has 1 heterocycles. The van der Waals surface area contributed by atoms with E-state index in [0.29, 0.717) is 17.0 Å². The molecule has 2 aromatic carbocycles. The smallest absolute Gasteiger partial charge is 0.341 e. The lowest BCUT2D eigenvalue weighted by Gasteiger charge is -2.06. The summed E-state index contributed by atoms with van der Waals surface area (Å²) in [4.78, 5) is 22.6. The first kappa shape index (κ1) is 14.6. The van der Waals surface area contributed by atoms with Crippen molar-refractivity contribution in [1.29, 1.82) is 0 Å². The Morgan fingerprint density at radius 1 is 1.09 bits per heavy atom. The summed E-state index contributed by atoms with van der Waals surface area (Å²) in [7, 11) is 0. The van der Waals surface area contributed by atoms with Gasteiger partial charge in [0.05, 0.1) is 0 Å². The standard InChI is InChI=1S/C17H13NO5/c19-16(20)10-22-13-7-5-12(6-8-13)18-17(21)15-9-11-3-1-2-4-14(11)23-15/h1-9H,10H2,(H,18,21)(H,19,20). The third-order valence-electron chi connectivity index (χ3n) is 3.12. The maximum atomic E-state index is 12.2. The maximum absolute atomic E-state index is 12.2. The predicted molar refractivity (Wildman–Crippen MR) is 83.7 cm³/mol. The van der Waals surface area contributed by atoms with Crippen LogP contribution in [0.5, 0.6) is 5.75 Å². The van der Waals surface area contributed by atoms with E-state index in [4.69, 9.17) is 14.3 Å². The molecule has 3 rings (SSSR count). The average molecular weight is 311 g/mol.